The van der Waals surface area contributed by atoms with Crippen LogP contribution < -0.4 is 14.8 Å². The molecule has 1 saturated carbocycles. The third kappa shape index (κ3) is 5.01. The number of benzene rings is 2. The maximum Gasteiger partial charge on any atom is 0.161 e. The lowest BCUT2D eigenvalue weighted by molar-refractivity contribution is 0.225. The van der Waals surface area contributed by atoms with Crippen molar-refractivity contribution in [2.75, 3.05) is 7.11 Å². The molecule has 3 rings (SSSR count). The van der Waals surface area contributed by atoms with Crippen molar-refractivity contribution in [3.63, 3.8) is 0 Å². The van der Waals surface area contributed by atoms with Crippen LogP contribution in [0.25, 0.3) is 0 Å². The van der Waals surface area contributed by atoms with Crippen LogP contribution >= 0.6 is 12.2 Å². The first-order chi connectivity index (χ1) is 13.1. The van der Waals surface area contributed by atoms with Crippen LogP contribution in [0.15, 0.2) is 48.5 Å². The van der Waals surface area contributed by atoms with Gasteiger partial charge in [0, 0.05) is 11.6 Å². The van der Waals surface area contributed by atoms with E-state index in [9.17, 15) is 0 Å². The zero-order valence-electron chi connectivity index (χ0n) is 16.4. The van der Waals surface area contributed by atoms with Gasteiger partial charge >= 0.3 is 0 Å². The number of ether oxygens (including phenoxy) is 2. The molecule has 0 spiro atoms. The molecule has 1 fully saturated rings. The average molecular weight is 384 g/mol. The SMILES string of the molecule is COc1cc(C(=S)NC2CCCC(C)C2C)ccc1OCc1ccccc1. The zero-order valence-corrected chi connectivity index (χ0v) is 17.2. The Kier molecular flexibility index (Phi) is 6.73. The normalized spacial score (nSPS) is 22.1. The van der Waals surface area contributed by atoms with Gasteiger partial charge in [-0.25, -0.2) is 0 Å². The molecule has 0 aliphatic heterocycles. The molecule has 0 bridgehead atoms. The highest BCUT2D eigenvalue weighted by Gasteiger charge is 2.27. The smallest absolute Gasteiger partial charge is 0.161 e. The third-order valence-corrected chi connectivity index (χ3v) is 6.04. The Bertz CT molecular complexity index is 762. The van der Waals surface area contributed by atoms with Crippen molar-refractivity contribution in [1.29, 1.82) is 0 Å². The van der Waals surface area contributed by atoms with Gasteiger partial charge in [0.2, 0.25) is 0 Å². The predicted molar refractivity (Wildman–Crippen MR) is 115 cm³/mol. The van der Waals surface area contributed by atoms with E-state index in [1.54, 1.807) is 7.11 Å². The van der Waals surface area contributed by atoms with E-state index < -0.39 is 0 Å². The van der Waals surface area contributed by atoms with Crippen LogP contribution in [0.1, 0.15) is 44.2 Å². The van der Waals surface area contributed by atoms with Crippen LogP contribution in [0.2, 0.25) is 0 Å². The first-order valence-electron chi connectivity index (χ1n) is 9.74. The molecular formula is C23H29NO2S. The Balaban J connectivity index is 1.66. The molecule has 1 N–H and O–H groups in total. The van der Waals surface area contributed by atoms with Gasteiger partial charge in [0.1, 0.15) is 11.6 Å². The second-order valence-electron chi connectivity index (χ2n) is 7.49. The van der Waals surface area contributed by atoms with E-state index in [0.29, 0.717) is 24.3 Å². The summed E-state index contributed by atoms with van der Waals surface area (Å²) in [4.78, 5) is 0.786. The Morgan fingerprint density at radius 1 is 1.07 bits per heavy atom. The number of rotatable bonds is 6. The van der Waals surface area contributed by atoms with Gasteiger partial charge in [0.15, 0.2) is 11.5 Å². The molecule has 0 amide bonds. The number of thiocarbonyl (C=S) groups is 1. The van der Waals surface area contributed by atoms with Gasteiger partial charge in [0.05, 0.1) is 7.11 Å². The van der Waals surface area contributed by atoms with Crippen molar-refractivity contribution >= 4 is 17.2 Å². The molecule has 1 aliphatic rings. The minimum Gasteiger partial charge on any atom is -0.493 e. The molecule has 0 heterocycles. The van der Waals surface area contributed by atoms with Crippen LogP contribution in [0.4, 0.5) is 0 Å². The van der Waals surface area contributed by atoms with E-state index in [4.69, 9.17) is 21.7 Å². The standard InChI is InChI=1S/C23H29NO2S/c1-16-8-7-11-20(17(16)2)24-23(27)19-12-13-21(22(14-19)25-3)26-15-18-9-5-4-6-10-18/h4-6,9-10,12-14,16-17,20H,7-8,11,15H2,1-3H3,(H,24,27). The monoisotopic (exact) mass is 383 g/mol. The largest absolute Gasteiger partial charge is 0.493 e. The summed E-state index contributed by atoms with van der Waals surface area (Å²) in [6.45, 7) is 5.17. The second-order valence-corrected chi connectivity index (χ2v) is 7.90. The highest BCUT2D eigenvalue weighted by atomic mass is 32.1. The topological polar surface area (TPSA) is 30.5 Å². The number of hydrogen-bond acceptors (Lipinski definition) is 3. The van der Waals surface area contributed by atoms with Crippen LogP contribution in [0, 0.1) is 11.8 Å². The molecule has 4 heteroatoms. The lowest BCUT2D eigenvalue weighted by Crippen LogP contribution is -2.43. The summed E-state index contributed by atoms with van der Waals surface area (Å²) < 4.78 is 11.5. The molecule has 0 radical (unpaired) electrons. The van der Waals surface area contributed by atoms with Gasteiger partial charge in [-0.2, -0.15) is 0 Å². The van der Waals surface area contributed by atoms with E-state index in [2.05, 4.69) is 19.2 Å². The minimum absolute atomic E-state index is 0.446. The lowest BCUT2D eigenvalue weighted by Gasteiger charge is -2.35. The molecular weight excluding hydrogens is 354 g/mol. The Hall–Kier alpha value is -2.07. The number of methoxy groups -OCH3 is 1. The zero-order chi connectivity index (χ0) is 19.2. The molecule has 3 atom stereocenters. The Morgan fingerprint density at radius 2 is 1.85 bits per heavy atom. The number of hydrogen-bond donors (Lipinski definition) is 1. The number of nitrogens with one attached hydrogen (secondary N) is 1. The van der Waals surface area contributed by atoms with E-state index in [0.717, 1.165) is 27.8 Å². The van der Waals surface area contributed by atoms with Crippen LogP contribution in [0.3, 0.4) is 0 Å². The van der Waals surface area contributed by atoms with Crippen molar-refractivity contribution in [3.8, 4) is 11.5 Å². The van der Waals surface area contributed by atoms with Crippen molar-refractivity contribution in [2.45, 2.75) is 45.8 Å². The van der Waals surface area contributed by atoms with Crippen molar-refractivity contribution in [2.24, 2.45) is 11.8 Å². The maximum atomic E-state index is 5.94. The summed E-state index contributed by atoms with van der Waals surface area (Å²) in [5.41, 5.74) is 2.10. The third-order valence-electron chi connectivity index (χ3n) is 5.69. The summed E-state index contributed by atoms with van der Waals surface area (Å²) in [6, 6.07) is 16.5. The second kappa shape index (κ2) is 9.23. The van der Waals surface area contributed by atoms with Gasteiger partial charge in [-0.15, -0.1) is 0 Å². The van der Waals surface area contributed by atoms with Gasteiger partial charge in [0.25, 0.3) is 0 Å². The molecule has 0 aromatic heterocycles. The summed E-state index contributed by atoms with van der Waals surface area (Å²) in [7, 11) is 1.66. The predicted octanol–water partition coefficient (Wildman–Crippen LogP) is 5.36. The highest BCUT2D eigenvalue weighted by molar-refractivity contribution is 7.80. The molecule has 3 unspecified atom stereocenters. The van der Waals surface area contributed by atoms with Gasteiger partial charge in [-0.1, -0.05) is 69.2 Å². The fraction of sp³-hybridized carbons (Fsp3) is 0.435. The van der Waals surface area contributed by atoms with Gasteiger partial charge in [-0.05, 0) is 42.0 Å². The fourth-order valence-electron chi connectivity index (χ4n) is 3.70. The summed E-state index contributed by atoms with van der Waals surface area (Å²) in [5, 5.41) is 3.58. The average Bonchev–Trinajstić information content (AvgIpc) is 2.70. The first kappa shape index (κ1) is 19.7. The van der Waals surface area contributed by atoms with E-state index in [-0.39, 0.29) is 0 Å². The van der Waals surface area contributed by atoms with Crippen molar-refractivity contribution < 1.29 is 9.47 Å². The quantitative estimate of drug-likeness (QED) is 0.680. The summed E-state index contributed by atoms with van der Waals surface area (Å²) in [5.74, 6) is 2.81. The Labute approximate surface area is 168 Å². The maximum absolute atomic E-state index is 5.94. The molecule has 2 aromatic carbocycles. The van der Waals surface area contributed by atoms with Crippen LogP contribution in [0.5, 0.6) is 11.5 Å². The minimum atomic E-state index is 0.446. The van der Waals surface area contributed by atoms with Gasteiger partial charge < -0.3 is 14.8 Å². The molecule has 2 aromatic rings. The summed E-state index contributed by atoms with van der Waals surface area (Å²) in [6.07, 6.45) is 3.76. The van der Waals surface area contributed by atoms with Crippen molar-refractivity contribution in [1.82, 2.24) is 5.32 Å². The van der Waals surface area contributed by atoms with Crippen LogP contribution in [-0.4, -0.2) is 18.1 Å². The fourth-order valence-corrected chi connectivity index (χ4v) is 3.98. The van der Waals surface area contributed by atoms with Crippen molar-refractivity contribution in [3.05, 3.63) is 59.7 Å². The molecule has 3 nitrogen and oxygen atoms in total. The first-order valence-corrected chi connectivity index (χ1v) is 10.1. The Morgan fingerprint density at radius 3 is 2.59 bits per heavy atom. The highest BCUT2D eigenvalue weighted by Crippen LogP contribution is 2.31. The molecule has 27 heavy (non-hydrogen) atoms. The molecule has 1 aliphatic carbocycles. The summed E-state index contributed by atoms with van der Waals surface area (Å²) >= 11 is 5.68. The van der Waals surface area contributed by atoms with E-state index in [1.807, 2.05) is 48.5 Å². The molecule has 144 valence electrons. The molecule has 0 saturated heterocycles. The lowest BCUT2D eigenvalue weighted by atomic mass is 9.78. The van der Waals surface area contributed by atoms with E-state index in [1.165, 1.54) is 19.3 Å². The van der Waals surface area contributed by atoms with Crippen LogP contribution in [-0.2, 0) is 6.61 Å². The van der Waals surface area contributed by atoms with E-state index >= 15 is 0 Å². The van der Waals surface area contributed by atoms with Gasteiger partial charge in [-0.3, -0.25) is 0 Å².